The Bertz CT molecular complexity index is 551. The smallest absolute Gasteiger partial charge is 0.303 e. The van der Waals surface area contributed by atoms with Crippen LogP contribution in [0.2, 0.25) is 0 Å². The van der Waals surface area contributed by atoms with Crippen molar-refractivity contribution >= 4 is 11.9 Å². The second kappa shape index (κ2) is 32.8. The molecule has 42 heavy (non-hydrogen) atoms. The van der Waals surface area contributed by atoms with Crippen molar-refractivity contribution in [2.45, 2.75) is 213 Å². The molecule has 0 saturated carbocycles. The van der Waals surface area contributed by atoms with E-state index in [1.807, 2.05) is 4.90 Å². The highest BCUT2D eigenvalue weighted by molar-refractivity contribution is 5.82. The van der Waals surface area contributed by atoms with Crippen molar-refractivity contribution in [3.05, 3.63) is 0 Å². The Balaban J connectivity index is 4.00. The predicted molar refractivity (Wildman–Crippen MR) is 182 cm³/mol. The molecular weight excluding hydrogens is 520 g/mol. The monoisotopic (exact) mass is 595 g/mol. The van der Waals surface area contributed by atoms with Gasteiger partial charge in [0, 0.05) is 19.5 Å². The van der Waals surface area contributed by atoms with Crippen molar-refractivity contribution in [3.8, 4) is 0 Å². The number of nitrogens with two attached hydrogens (primary N) is 1. The third kappa shape index (κ3) is 29.0. The van der Waals surface area contributed by atoms with Gasteiger partial charge in [-0.3, -0.25) is 9.59 Å². The maximum atomic E-state index is 13.0. The Morgan fingerprint density at radius 1 is 0.500 bits per heavy atom. The number of aliphatic carboxylic acids is 1. The van der Waals surface area contributed by atoms with Crippen LogP contribution in [-0.2, 0) is 9.59 Å². The molecule has 0 aromatic rings. The third-order valence-electron chi connectivity index (χ3n) is 8.86. The highest BCUT2D eigenvalue weighted by Gasteiger charge is 2.21. The maximum Gasteiger partial charge on any atom is 0.303 e. The summed E-state index contributed by atoms with van der Waals surface area (Å²) < 4.78 is 0. The van der Waals surface area contributed by atoms with E-state index >= 15 is 0 Å². The number of hydrogen-bond donors (Lipinski definition) is 2. The van der Waals surface area contributed by atoms with Crippen molar-refractivity contribution < 1.29 is 14.7 Å². The van der Waals surface area contributed by atoms with Gasteiger partial charge in [-0.25, -0.2) is 0 Å². The second-order valence-electron chi connectivity index (χ2n) is 13.1. The van der Waals surface area contributed by atoms with E-state index in [1.165, 1.54) is 154 Å². The standard InChI is InChI=1S/C37H74N2O3/c1-3-5-7-9-11-13-15-17-19-21-23-25-27-29-33-39(37(42)35(38)31-32-36(40)41)34-30-28-26-24-22-20-18-16-14-12-10-8-6-4-2/h35H,3-34,38H2,1-2H3,(H,40,41)/t35-/m0/s1. The fourth-order valence-electron chi connectivity index (χ4n) is 5.96. The number of carboxylic acids is 1. The van der Waals surface area contributed by atoms with Crippen LogP contribution in [0.5, 0.6) is 0 Å². The number of carbonyl (C=O) groups excluding carboxylic acids is 1. The van der Waals surface area contributed by atoms with Crippen LogP contribution in [-0.4, -0.2) is 41.0 Å². The molecule has 5 heteroatoms. The average Bonchev–Trinajstić information content (AvgIpc) is 2.98. The molecule has 0 aromatic heterocycles. The highest BCUT2D eigenvalue weighted by Crippen LogP contribution is 2.15. The number of carbonyl (C=O) groups is 2. The molecule has 0 rings (SSSR count). The first-order chi connectivity index (χ1) is 20.5. The largest absolute Gasteiger partial charge is 0.481 e. The first kappa shape index (κ1) is 40.9. The van der Waals surface area contributed by atoms with E-state index in [0.717, 1.165) is 38.8 Å². The molecule has 0 spiro atoms. The summed E-state index contributed by atoms with van der Waals surface area (Å²) in [7, 11) is 0. The molecule has 0 saturated heterocycles. The topological polar surface area (TPSA) is 83.6 Å². The normalized spacial score (nSPS) is 12.1. The molecule has 0 aromatic carbocycles. The molecule has 0 bridgehead atoms. The van der Waals surface area contributed by atoms with Crippen LogP contribution >= 0.6 is 0 Å². The minimum Gasteiger partial charge on any atom is -0.481 e. The molecule has 3 N–H and O–H groups in total. The molecular formula is C37H74N2O3. The van der Waals surface area contributed by atoms with Crippen molar-refractivity contribution in [2.24, 2.45) is 5.73 Å². The number of nitrogens with zero attached hydrogens (tertiary/aromatic N) is 1. The van der Waals surface area contributed by atoms with Gasteiger partial charge in [-0.1, -0.05) is 181 Å². The second-order valence-corrected chi connectivity index (χ2v) is 13.1. The number of amides is 1. The van der Waals surface area contributed by atoms with E-state index in [2.05, 4.69) is 13.8 Å². The maximum absolute atomic E-state index is 13.0. The summed E-state index contributed by atoms with van der Waals surface area (Å²) in [5.41, 5.74) is 6.11. The fourth-order valence-corrected chi connectivity index (χ4v) is 5.96. The Hall–Kier alpha value is -1.10. The van der Waals surface area contributed by atoms with Gasteiger partial charge in [0.25, 0.3) is 0 Å². The minimum absolute atomic E-state index is 0.0432. The Morgan fingerprint density at radius 2 is 0.762 bits per heavy atom. The first-order valence-electron chi connectivity index (χ1n) is 18.8. The summed E-state index contributed by atoms with van der Waals surface area (Å²) in [6.07, 6.45) is 37.2. The van der Waals surface area contributed by atoms with Crippen LogP contribution in [0.15, 0.2) is 0 Å². The fraction of sp³-hybridized carbons (Fsp3) is 0.946. The Kier molecular flexibility index (Phi) is 31.9. The van der Waals surface area contributed by atoms with Crippen LogP contribution in [0.25, 0.3) is 0 Å². The average molecular weight is 595 g/mol. The molecule has 0 aliphatic carbocycles. The third-order valence-corrected chi connectivity index (χ3v) is 8.86. The number of rotatable bonds is 34. The lowest BCUT2D eigenvalue weighted by molar-refractivity contribution is -0.137. The van der Waals surface area contributed by atoms with Gasteiger partial charge in [0.15, 0.2) is 0 Å². The van der Waals surface area contributed by atoms with Gasteiger partial charge in [-0.2, -0.15) is 0 Å². The summed E-state index contributed by atoms with van der Waals surface area (Å²) in [5.74, 6) is -0.940. The molecule has 0 heterocycles. The van der Waals surface area contributed by atoms with Crippen LogP contribution < -0.4 is 5.73 Å². The molecule has 250 valence electrons. The van der Waals surface area contributed by atoms with E-state index in [0.29, 0.717) is 0 Å². The van der Waals surface area contributed by atoms with E-state index in [4.69, 9.17) is 10.8 Å². The molecule has 1 amide bonds. The zero-order valence-electron chi connectivity index (χ0n) is 28.5. The summed E-state index contributed by atoms with van der Waals surface area (Å²) in [6, 6.07) is -0.695. The van der Waals surface area contributed by atoms with Crippen LogP contribution in [0.4, 0.5) is 0 Å². The first-order valence-corrected chi connectivity index (χ1v) is 18.8. The van der Waals surface area contributed by atoms with E-state index in [9.17, 15) is 9.59 Å². The van der Waals surface area contributed by atoms with Crippen LogP contribution in [0, 0.1) is 0 Å². The van der Waals surface area contributed by atoms with E-state index in [-0.39, 0.29) is 18.7 Å². The molecule has 0 unspecified atom stereocenters. The van der Waals surface area contributed by atoms with Crippen molar-refractivity contribution in [2.75, 3.05) is 13.1 Å². The lowest BCUT2D eigenvalue weighted by Gasteiger charge is -2.26. The zero-order chi connectivity index (χ0) is 30.9. The van der Waals surface area contributed by atoms with Gasteiger partial charge < -0.3 is 15.7 Å². The van der Waals surface area contributed by atoms with Gasteiger partial charge in [0.1, 0.15) is 0 Å². The van der Waals surface area contributed by atoms with Gasteiger partial charge in [0.2, 0.25) is 5.91 Å². The molecule has 1 atom stereocenters. The summed E-state index contributed by atoms with van der Waals surface area (Å²) >= 11 is 0. The van der Waals surface area contributed by atoms with Crippen molar-refractivity contribution in [3.63, 3.8) is 0 Å². The molecule has 5 nitrogen and oxygen atoms in total. The molecule has 0 aliphatic heterocycles. The lowest BCUT2D eigenvalue weighted by Crippen LogP contribution is -2.44. The summed E-state index contributed by atoms with van der Waals surface area (Å²) in [5, 5.41) is 8.99. The number of hydrogen-bond acceptors (Lipinski definition) is 3. The molecule has 0 fully saturated rings. The number of unbranched alkanes of at least 4 members (excludes halogenated alkanes) is 26. The lowest BCUT2D eigenvalue weighted by atomic mass is 10.0. The van der Waals surface area contributed by atoms with Gasteiger partial charge in [-0.05, 0) is 19.3 Å². The van der Waals surface area contributed by atoms with Crippen LogP contribution in [0.1, 0.15) is 206 Å². The van der Waals surface area contributed by atoms with E-state index in [1.54, 1.807) is 0 Å². The zero-order valence-corrected chi connectivity index (χ0v) is 28.5. The predicted octanol–water partition coefficient (Wildman–Crippen LogP) is 11.0. The van der Waals surface area contributed by atoms with Gasteiger partial charge >= 0.3 is 5.97 Å². The quantitative estimate of drug-likeness (QED) is 0.0726. The highest BCUT2D eigenvalue weighted by atomic mass is 16.4. The minimum atomic E-state index is -0.885. The summed E-state index contributed by atoms with van der Waals surface area (Å²) in [6.45, 7) is 6.07. The Morgan fingerprint density at radius 3 is 1.02 bits per heavy atom. The number of carboxylic acid groups (broad SMARTS) is 1. The van der Waals surface area contributed by atoms with Crippen molar-refractivity contribution in [1.29, 1.82) is 0 Å². The Labute approximate surface area is 262 Å². The molecule has 0 aliphatic rings. The van der Waals surface area contributed by atoms with Crippen molar-refractivity contribution in [1.82, 2.24) is 4.90 Å². The SMILES string of the molecule is CCCCCCCCCCCCCCCCN(CCCCCCCCCCCCCCCC)C(=O)[C@@H](N)CCC(=O)O. The van der Waals surface area contributed by atoms with Gasteiger partial charge in [0.05, 0.1) is 6.04 Å². The van der Waals surface area contributed by atoms with Gasteiger partial charge in [-0.15, -0.1) is 0 Å². The molecule has 0 radical (unpaired) electrons. The van der Waals surface area contributed by atoms with Crippen LogP contribution in [0.3, 0.4) is 0 Å². The van der Waals surface area contributed by atoms with E-state index < -0.39 is 12.0 Å². The summed E-state index contributed by atoms with van der Waals surface area (Å²) in [4.78, 5) is 25.9.